The monoisotopic (exact) mass is 213 g/mol. The Hall–Kier alpha value is -0.410. The van der Waals surface area contributed by atoms with E-state index in [1.807, 2.05) is 6.92 Å². The number of ether oxygens (including phenoxy) is 1. The summed E-state index contributed by atoms with van der Waals surface area (Å²) in [4.78, 5) is 14.0. The molecule has 88 valence electrons. The molecule has 3 heteroatoms. The predicted molar refractivity (Wildman–Crippen MR) is 61.0 cm³/mol. The van der Waals surface area contributed by atoms with Crippen LogP contribution < -0.4 is 0 Å². The minimum atomic E-state index is -0.473. The number of piperidine rings is 1. The summed E-state index contributed by atoms with van der Waals surface area (Å²) in [5.41, 5.74) is -0.473. The van der Waals surface area contributed by atoms with Crippen LogP contribution in [0.2, 0.25) is 0 Å². The predicted octanol–water partition coefficient (Wildman–Crippen LogP) is 1.86. The molecule has 1 aliphatic rings. The summed E-state index contributed by atoms with van der Waals surface area (Å²) in [5, 5.41) is 0. The Bertz CT molecular complexity index is 208. The Morgan fingerprint density at radius 3 is 2.33 bits per heavy atom. The summed E-state index contributed by atoms with van der Waals surface area (Å²) in [6, 6.07) is 0. The van der Waals surface area contributed by atoms with Crippen LogP contribution in [-0.2, 0) is 9.53 Å². The third kappa shape index (κ3) is 3.02. The normalized spacial score (nSPS) is 21.5. The third-order valence-corrected chi connectivity index (χ3v) is 3.27. The van der Waals surface area contributed by atoms with Gasteiger partial charge in [0.15, 0.2) is 5.78 Å². The van der Waals surface area contributed by atoms with Gasteiger partial charge >= 0.3 is 0 Å². The number of carbonyl (C=O) groups excluding carboxylic acids is 1. The van der Waals surface area contributed by atoms with Crippen molar-refractivity contribution in [2.24, 2.45) is 0 Å². The first-order valence-electron chi connectivity index (χ1n) is 6.02. The van der Waals surface area contributed by atoms with Gasteiger partial charge in [0.1, 0.15) is 5.60 Å². The molecule has 1 aliphatic heterocycles. The van der Waals surface area contributed by atoms with Crippen molar-refractivity contribution < 1.29 is 9.53 Å². The average Bonchev–Trinajstić information content (AvgIpc) is 2.21. The van der Waals surface area contributed by atoms with E-state index in [0.717, 1.165) is 32.5 Å². The molecule has 0 aromatic carbocycles. The second-order valence-electron chi connectivity index (χ2n) is 4.33. The molecule has 0 unspecified atom stereocenters. The smallest absolute Gasteiger partial charge is 0.161 e. The molecule has 0 atom stereocenters. The molecule has 3 nitrogen and oxygen atoms in total. The molecule has 0 aromatic heterocycles. The van der Waals surface area contributed by atoms with Gasteiger partial charge in [0.25, 0.3) is 0 Å². The van der Waals surface area contributed by atoms with E-state index in [1.165, 1.54) is 6.42 Å². The maximum Gasteiger partial charge on any atom is 0.161 e. The summed E-state index contributed by atoms with van der Waals surface area (Å²) in [6.45, 7) is 9.57. The first-order chi connectivity index (χ1) is 7.14. The molecule has 1 rings (SSSR count). The lowest BCUT2D eigenvalue weighted by molar-refractivity contribution is -0.148. The third-order valence-electron chi connectivity index (χ3n) is 3.27. The molecule has 15 heavy (non-hydrogen) atoms. The fraction of sp³-hybridized carbons (Fsp3) is 0.917. The van der Waals surface area contributed by atoms with Crippen LogP contribution in [0.4, 0.5) is 0 Å². The molecule has 0 aromatic rings. The van der Waals surface area contributed by atoms with E-state index in [-0.39, 0.29) is 5.78 Å². The Morgan fingerprint density at radius 2 is 1.93 bits per heavy atom. The van der Waals surface area contributed by atoms with Gasteiger partial charge in [-0.05, 0) is 39.7 Å². The average molecular weight is 213 g/mol. The minimum Gasteiger partial charge on any atom is -0.367 e. The molecule has 0 spiro atoms. The molecule has 1 heterocycles. The number of Topliss-reactive ketones (excluding diaryl/α,β-unsaturated/α-hetero) is 1. The van der Waals surface area contributed by atoms with Crippen LogP contribution in [0.15, 0.2) is 0 Å². The summed E-state index contributed by atoms with van der Waals surface area (Å²) in [6.07, 6.45) is 2.90. The first kappa shape index (κ1) is 12.7. The van der Waals surface area contributed by atoms with Crippen molar-refractivity contribution in [3.63, 3.8) is 0 Å². The first-order valence-corrected chi connectivity index (χ1v) is 6.02. The molecule has 1 saturated heterocycles. The van der Waals surface area contributed by atoms with E-state index >= 15 is 0 Å². The molecule has 1 fully saturated rings. The topological polar surface area (TPSA) is 29.5 Å². The molecule has 0 saturated carbocycles. The number of hydrogen-bond donors (Lipinski definition) is 0. The molecule has 0 amide bonds. The van der Waals surface area contributed by atoms with Gasteiger partial charge in [-0.25, -0.2) is 0 Å². The maximum atomic E-state index is 11.6. The SMILES string of the molecule is CCCN1CCC(OCC)(C(C)=O)CC1. The second kappa shape index (κ2) is 5.61. The number of likely N-dealkylation sites (tertiary alicyclic amines) is 1. The van der Waals surface area contributed by atoms with Crippen LogP contribution in [0.3, 0.4) is 0 Å². The summed E-state index contributed by atoms with van der Waals surface area (Å²) >= 11 is 0. The van der Waals surface area contributed by atoms with Crippen molar-refractivity contribution in [1.82, 2.24) is 4.90 Å². The van der Waals surface area contributed by atoms with E-state index in [4.69, 9.17) is 4.74 Å². The van der Waals surface area contributed by atoms with Gasteiger partial charge in [0, 0.05) is 19.7 Å². The molecular formula is C12H23NO2. The maximum absolute atomic E-state index is 11.6. The van der Waals surface area contributed by atoms with Crippen molar-refractivity contribution in [3.05, 3.63) is 0 Å². The van der Waals surface area contributed by atoms with Crippen molar-refractivity contribution in [1.29, 1.82) is 0 Å². The number of carbonyl (C=O) groups is 1. The number of nitrogens with zero attached hydrogens (tertiary/aromatic N) is 1. The van der Waals surface area contributed by atoms with E-state index in [2.05, 4.69) is 11.8 Å². The Morgan fingerprint density at radius 1 is 1.33 bits per heavy atom. The second-order valence-corrected chi connectivity index (χ2v) is 4.33. The Balaban J connectivity index is 2.53. The van der Waals surface area contributed by atoms with Crippen LogP contribution in [0.5, 0.6) is 0 Å². The summed E-state index contributed by atoms with van der Waals surface area (Å²) in [7, 11) is 0. The molecule has 0 N–H and O–H groups in total. The van der Waals surface area contributed by atoms with Gasteiger partial charge in [0.2, 0.25) is 0 Å². The van der Waals surface area contributed by atoms with Gasteiger partial charge in [-0.1, -0.05) is 6.92 Å². The van der Waals surface area contributed by atoms with Crippen LogP contribution in [0.25, 0.3) is 0 Å². The van der Waals surface area contributed by atoms with Crippen molar-refractivity contribution in [2.45, 2.75) is 45.6 Å². The van der Waals surface area contributed by atoms with Crippen LogP contribution in [0, 0.1) is 0 Å². The Kier molecular flexibility index (Phi) is 4.74. The minimum absolute atomic E-state index is 0.195. The quantitative estimate of drug-likeness (QED) is 0.698. The lowest BCUT2D eigenvalue weighted by atomic mass is 9.87. The van der Waals surface area contributed by atoms with Crippen LogP contribution in [0.1, 0.15) is 40.0 Å². The highest BCUT2D eigenvalue weighted by molar-refractivity contribution is 5.85. The highest BCUT2D eigenvalue weighted by atomic mass is 16.5. The molecular weight excluding hydrogens is 190 g/mol. The molecule has 0 radical (unpaired) electrons. The lowest BCUT2D eigenvalue weighted by Gasteiger charge is -2.39. The highest BCUT2D eigenvalue weighted by Crippen LogP contribution is 2.27. The van der Waals surface area contributed by atoms with Crippen LogP contribution >= 0.6 is 0 Å². The lowest BCUT2D eigenvalue weighted by Crippen LogP contribution is -2.50. The summed E-state index contributed by atoms with van der Waals surface area (Å²) in [5.74, 6) is 0.195. The van der Waals surface area contributed by atoms with Crippen molar-refractivity contribution in [3.8, 4) is 0 Å². The zero-order valence-electron chi connectivity index (χ0n) is 10.2. The highest BCUT2D eigenvalue weighted by Gasteiger charge is 2.39. The molecule has 0 aliphatic carbocycles. The fourth-order valence-electron chi connectivity index (χ4n) is 2.33. The number of ketones is 1. The molecule has 0 bridgehead atoms. The zero-order chi connectivity index (χ0) is 11.3. The van der Waals surface area contributed by atoms with Gasteiger partial charge in [-0.3, -0.25) is 4.79 Å². The van der Waals surface area contributed by atoms with Crippen molar-refractivity contribution in [2.75, 3.05) is 26.2 Å². The van der Waals surface area contributed by atoms with Crippen LogP contribution in [-0.4, -0.2) is 42.5 Å². The van der Waals surface area contributed by atoms with Gasteiger partial charge < -0.3 is 9.64 Å². The number of hydrogen-bond acceptors (Lipinski definition) is 3. The standard InChI is InChI=1S/C12H23NO2/c1-4-8-13-9-6-12(7-10-13,11(3)14)15-5-2/h4-10H2,1-3H3. The Labute approximate surface area is 92.8 Å². The van der Waals surface area contributed by atoms with Gasteiger partial charge in [-0.2, -0.15) is 0 Å². The van der Waals surface area contributed by atoms with Gasteiger partial charge in [-0.15, -0.1) is 0 Å². The fourth-order valence-corrected chi connectivity index (χ4v) is 2.33. The van der Waals surface area contributed by atoms with Crippen molar-refractivity contribution >= 4 is 5.78 Å². The van der Waals surface area contributed by atoms with E-state index < -0.39 is 5.60 Å². The van der Waals surface area contributed by atoms with E-state index in [1.54, 1.807) is 6.92 Å². The zero-order valence-corrected chi connectivity index (χ0v) is 10.2. The van der Waals surface area contributed by atoms with Gasteiger partial charge in [0.05, 0.1) is 0 Å². The van der Waals surface area contributed by atoms with E-state index in [9.17, 15) is 4.79 Å². The number of rotatable bonds is 5. The van der Waals surface area contributed by atoms with E-state index in [0.29, 0.717) is 6.61 Å². The summed E-state index contributed by atoms with van der Waals surface area (Å²) < 4.78 is 5.68. The largest absolute Gasteiger partial charge is 0.367 e.